The Balaban J connectivity index is 1.75. The summed E-state index contributed by atoms with van der Waals surface area (Å²) in [7, 11) is 0. The normalized spacial score (nSPS) is 33.1. The van der Waals surface area contributed by atoms with Crippen molar-refractivity contribution >= 4 is 11.9 Å². The quantitative estimate of drug-likeness (QED) is 0.834. The lowest BCUT2D eigenvalue weighted by molar-refractivity contribution is -0.156. The van der Waals surface area contributed by atoms with Gasteiger partial charge >= 0.3 is 5.97 Å². The highest BCUT2D eigenvalue weighted by molar-refractivity contribution is 5.89. The fourth-order valence-electron chi connectivity index (χ4n) is 3.75. The minimum absolute atomic E-state index is 0.0347. The fraction of sp³-hybridized carbons (Fsp3) is 0.412. The monoisotopic (exact) mass is 285 g/mol. The fourth-order valence-corrected chi connectivity index (χ4v) is 3.75. The number of hydrogen-bond donors (Lipinski definition) is 2. The van der Waals surface area contributed by atoms with E-state index < -0.39 is 17.3 Å². The first-order valence-corrected chi connectivity index (χ1v) is 7.27. The molecular weight excluding hydrogens is 266 g/mol. The molecule has 4 atom stereocenters. The third-order valence-corrected chi connectivity index (χ3v) is 5.01. The van der Waals surface area contributed by atoms with E-state index in [0.717, 1.165) is 12.0 Å². The molecule has 1 aromatic rings. The zero-order valence-electron chi connectivity index (χ0n) is 12.0. The van der Waals surface area contributed by atoms with E-state index in [-0.39, 0.29) is 17.7 Å². The highest BCUT2D eigenvalue weighted by Gasteiger charge is 2.60. The summed E-state index contributed by atoms with van der Waals surface area (Å²) in [6.07, 6.45) is 4.73. The van der Waals surface area contributed by atoms with Crippen molar-refractivity contribution in [1.29, 1.82) is 0 Å². The summed E-state index contributed by atoms with van der Waals surface area (Å²) >= 11 is 0. The second kappa shape index (κ2) is 5.02. The lowest BCUT2D eigenvalue weighted by Crippen LogP contribution is -2.47. The van der Waals surface area contributed by atoms with Crippen LogP contribution >= 0.6 is 0 Å². The first kappa shape index (κ1) is 13.9. The predicted octanol–water partition coefficient (Wildman–Crippen LogP) is 2.22. The standard InChI is InChI=1S/C17H19NO3/c1-17(16(20)21)13-8-7-12(9-13)14(17)15(19)18-10-11-5-3-2-4-6-11/h2-8,12-14H,9-10H2,1H3,(H,18,19)(H,20,21)/t12-,13-,14+,17-/m1/s1. The number of carbonyl (C=O) groups is 2. The van der Waals surface area contributed by atoms with Crippen molar-refractivity contribution in [2.45, 2.75) is 19.9 Å². The topological polar surface area (TPSA) is 66.4 Å². The Kier molecular flexibility index (Phi) is 3.32. The average molecular weight is 285 g/mol. The second-order valence-corrected chi connectivity index (χ2v) is 6.16. The molecule has 4 heteroatoms. The number of nitrogens with one attached hydrogen (secondary N) is 1. The number of hydrogen-bond acceptors (Lipinski definition) is 2. The Hall–Kier alpha value is -2.10. The lowest BCUT2D eigenvalue weighted by atomic mass is 9.69. The van der Waals surface area contributed by atoms with Gasteiger partial charge in [-0.3, -0.25) is 9.59 Å². The lowest BCUT2D eigenvalue weighted by Gasteiger charge is -2.33. The number of amides is 1. The van der Waals surface area contributed by atoms with Gasteiger partial charge in [-0.15, -0.1) is 0 Å². The van der Waals surface area contributed by atoms with Gasteiger partial charge in [0.05, 0.1) is 11.3 Å². The van der Waals surface area contributed by atoms with Crippen LogP contribution in [0.4, 0.5) is 0 Å². The van der Waals surface area contributed by atoms with Crippen molar-refractivity contribution < 1.29 is 14.7 Å². The molecule has 0 spiro atoms. The molecule has 0 radical (unpaired) electrons. The molecule has 1 amide bonds. The molecule has 0 unspecified atom stereocenters. The maximum atomic E-state index is 12.5. The van der Waals surface area contributed by atoms with Gasteiger partial charge in [0.1, 0.15) is 0 Å². The predicted molar refractivity (Wildman–Crippen MR) is 78.3 cm³/mol. The van der Waals surface area contributed by atoms with Crippen molar-refractivity contribution in [2.24, 2.45) is 23.2 Å². The van der Waals surface area contributed by atoms with E-state index in [9.17, 15) is 14.7 Å². The van der Waals surface area contributed by atoms with E-state index in [1.165, 1.54) is 0 Å². The smallest absolute Gasteiger partial charge is 0.310 e. The Morgan fingerprint density at radius 1 is 1.29 bits per heavy atom. The van der Waals surface area contributed by atoms with Crippen molar-refractivity contribution in [2.75, 3.05) is 0 Å². The van der Waals surface area contributed by atoms with Gasteiger partial charge in [0.25, 0.3) is 0 Å². The summed E-state index contributed by atoms with van der Waals surface area (Å²) < 4.78 is 0. The molecular formula is C17H19NO3. The van der Waals surface area contributed by atoms with Gasteiger partial charge in [0.15, 0.2) is 0 Å². The number of fused-ring (bicyclic) bond motifs is 2. The number of carboxylic acids is 1. The highest BCUT2D eigenvalue weighted by Crippen LogP contribution is 2.56. The van der Waals surface area contributed by atoms with Gasteiger partial charge in [0, 0.05) is 6.54 Å². The molecule has 3 rings (SSSR count). The van der Waals surface area contributed by atoms with Crippen molar-refractivity contribution in [3.8, 4) is 0 Å². The van der Waals surface area contributed by atoms with Crippen LogP contribution < -0.4 is 5.32 Å². The van der Waals surface area contributed by atoms with E-state index in [0.29, 0.717) is 6.54 Å². The van der Waals surface area contributed by atoms with Crippen molar-refractivity contribution in [1.82, 2.24) is 5.32 Å². The van der Waals surface area contributed by atoms with Gasteiger partial charge in [-0.05, 0) is 30.7 Å². The number of aliphatic carboxylic acids is 1. The molecule has 0 heterocycles. The van der Waals surface area contributed by atoms with Gasteiger partial charge in [-0.1, -0.05) is 42.5 Å². The van der Waals surface area contributed by atoms with Crippen LogP contribution in [0.1, 0.15) is 18.9 Å². The molecule has 2 N–H and O–H groups in total. The third-order valence-electron chi connectivity index (χ3n) is 5.01. The Bertz CT molecular complexity index is 595. The molecule has 1 saturated carbocycles. The van der Waals surface area contributed by atoms with Crippen LogP contribution in [0.2, 0.25) is 0 Å². The Morgan fingerprint density at radius 2 is 2.00 bits per heavy atom. The molecule has 1 fully saturated rings. The van der Waals surface area contributed by atoms with Crippen LogP contribution in [0.5, 0.6) is 0 Å². The molecule has 0 aromatic heterocycles. The van der Waals surface area contributed by atoms with Crippen LogP contribution in [0.15, 0.2) is 42.5 Å². The maximum absolute atomic E-state index is 12.5. The van der Waals surface area contributed by atoms with Crippen molar-refractivity contribution in [3.05, 3.63) is 48.0 Å². The molecule has 21 heavy (non-hydrogen) atoms. The van der Waals surface area contributed by atoms with E-state index in [1.807, 2.05) is 42.5 Å². The second-order valence-electron chi connectivity index (χ2n) is 6.16. The zero-order valence-corrected chi connectivity index (χ0v) is 12.0. The number of allylic oxidation sites excluding steroid dienone is 2. The molecule has 0 saturated heterocycles. The number of rotatable bonds is 4. The van der Waals surface area contributed by atoms with Crippen LogP contribution in [0.25, 0.3) is 0 Å². The third kappa shape index (κ3) is 2.15. The van der Waals surface area contributed by atoms with Gasteiger partial charge < -0.3 is 10.4 Å². The Morgan fingerprint density at radius 3 is 2.67 bits per heavy atom. The van der Waals surface area contributed by atoms with Crippen LogP contribution in [-0.2, 0) is 16.1 Å². The maximum Gasteiger partial charge on any atom is 0.310 e. The molecule has 2 aliphatic carbocycles. The van der Waals surface area contributed by atoms with Crippen LogP contribution in [-0.4, -0.2) is 17.0 Å². The molecule has 4 nitrogen and oxygen atoms in total. The molecule has 2 aliphatic rings. The summed E-state index contributed by atoms with van der Waals surface area (Å²) in [5.74, 6) is -1.49. The van der Waals surface area contributed by atoms with Gasteiger partial charge in [-0.25, -0.2) is 0 Å². The number of benzene rings is 1. The minimum Gasteiger partial charge on any atom is -0.481 e. The first-order chi connectivity index (χ1) is 10.0. The molecule has 110 valence electrons. The summed E-state index contributed by atoms with van der Waals surface area (Å²) in [5, 5.41) is 12.5. The summed E-state index contributed by atoms with van der Waals surface area (Å²) in [4.78, 5) is 24.2. The van der Waals surface area contributed by atoms with Crippen molar-refractivity contribution in [3.63, 3.8) is 0 Å². The minimum atomic E-state index is -0.986. The largest absolute Gasteiger partial charge is 0.481 e. The first-order valence-electron chi connectivity index (χ1n) is 7.27. The van der Waals surface area contributed by atoms with E-state index in [2.05, 4.69) is 5.32 Å². The van der Waals surface area contributed by atoms with Gasteiger partial charge in [0.2, 0.25) is 5.91 Å². The summed E-state index contributed by atoms with van der Waals surface area (Å²) in [6, 6.07) is 9.65. The van der Waals surface area contributed by atoms with Gasteiger partial charge in [-0.2, -0.15) is 0 Å². The zero-order chi connectivity index (χ0) is 15.0. The summed E-state index contributed by atoms with van der Waals surface area (Å²) in [5.41, 5.74) is 0.0294. The highest BCUT2D eigenvalue weighted by atomic mass is 16.4. The molecule has 1 aromatic carbocycles. The SMILES string of the molecule is C[C@@]1(C(=O)O)[C@@H]2C=C[C@H](C2)[C@H]1C(=O)NCc1ccccc1. The molecule has 0 aliphatic heterocycles. The van der Waals surface area contributed by atoms with E-state index in [4.69, 9.17) is 0 Å². The molecule has 2 bridgehead atoms. The van der Waals surface area contributed by atoms with E-state index >= 15 is 0 Å². The number of carboxylic acid groups (broad SMARTS) is 1. The Labute approximate surface area is 123 Å². The van der Waals surface area contributed by atoms with E-state index in [1.54, 1.807) is 6.92 Å². The summed E-state index contributed by atoms with van der Waals surface area (Å²) in [6.45, 7) is 2.14. The number of carbonyl (C=O) groups excluding carboxylic acids is 1. The average Bonchev–Trinajstić information content (AvgIpc) is 3.05. The van der Waals surface area contributed by atoms with Crippen LogP contribution in [0.3, 0.4) is 0 Å². The van der Waals surface area contributed by atoms with Crippen LogP contribution in [0, 0.1) is 23.2 Å².